The fourth-order valence-corrected chi connectivity index (χ4v) is 5.31. The van der Waals surface area contributed by atoms with Gasteiger partial charge in [0.1, 0.15) is 17.2 Å². The predicted octanol–water partition coefficient (Wildman–Crippen LogP) is 8.35. The number of rotatable bonds is 15. The predicted molar refractivity (Wildman–Crippen MR) is 169 cm³/mol. The van der Waals surface area contributed by atoms with E-state index in [4.69, 9.17) is 0 Å². The zero-order chi connectivity index (χ0) is 29.2. The number of aromatic hydroxyl groups is 3. The van der Waals surface area contributed by atoms with E-state index >= 15 is 0 Å². The van der Waals surface area contributed by atoms with Crippen molar-refractivity contribution in [1.82, 2.24) is 0 Å². The summed E-state index contributed by atoms with van der Waals surface area (Å²) < 4.78 is 0. The van der Waals surface area contributed by atoms with Gasteiger partial charge in [0.2, 0.25) is 0 Å². The average Bonchev–Trinajstić information content (AvgIpc) is 2.92. The quantitative estimate of drug-likeness (QED) is 0.136. The van der Waals surface area contributed by atoms with Gasteiger partial charge in [-0.3, -0.25) is 0 Å². The van der Waals surface area contributed by atoms with Crippen molar-refractivity contribution in [3.05, 3.63) is 162 Å². The first-order valence-corrected chi connectivity index (χ1v) is 13.5. The maximum atomic E-state index is 11.7. The van der Waals surface area contributed by atoms with Crippen LogP contribution in [-0.4, -0.2) is 15.3 Å². The summed E-state index contributed by atoms with van der Waals surface area (Å²) in [4.78, 5) is 0. The molecule has 0 saturated heterocycles. The minimum Gasteiger partial charge on any atom is -0.507 e. The molecule has 0 aromatic heterocycles. The van der Waals surface area contributed by atoms with E-state index in [2.05, 4.69) is 39.5 Å². The van der Waals surface area contributed by atoms with Crippen LogP contribution in [0.2, 0.25) is 0 Å². The van der Waals surface area contributed by atoms with Gasteiger partial charge in [-0.1, -0.05) is 72.9 Å². The van der Waals surface area contributed by atoms with Crippen molar-refractivity contribution < 1.29 is 15.3 Å². The molecule has 40 heavy (non-hydrogen) atoms. The Kier molecular flexibility index (Phi) is 10.6. The van der Waals surface area contributed by atoms with E-state index in [1.807, 2.05) is 54.6 Å². The molecule has 0 amide bonds. The van der Waals surface area contributed by atoms with Crippen LogP contribution in [0.1, 0.15) is 56.0 Å². The highest BCUT2D eigenvalue weighted by Crippen LogP contribution is 2.47. The minimum atomic E-state index is -0.685. The molecule has 0 spiro atoms. The third-order valence-corrected chi connectivity index (χ3v) is 7.00. The molecular weight excluding hydrogens is 492 g/mol. The van der Waals surface area contributed by atoms with Crippen LogP contribution in [0, 0.1) is 0 Å². The molecule has 0 aliphatic rings. The molecule has 206 valence electrons. The fourth-order valence-electron chi connectivity index (χ4n) is 5.31. The Morgan fingerprint density at radius 3 is 0.900 bits per heavy atom. The lowest BCUT2D eigenvalue weighted by Gasteiger charge is -2.26. The number of allylic oxidation sites excluding steroid dienone is 6. The number of hydrogen-bond acceptors (Lipinski definition) is 3. The van der Waals surface area contributed by atoms with Gasteiger partial charge >= 0.3 is 0 Å². The Morgan fingerprint density at radius 1 is 0.425 bits per heavy atom. The summed E-state index contributed by atoms with van der Waals surface area (Å²) in [7, 11) is 0. The lowest BCUT2D eigenvalue weighted by molar-refractivity contribution is 0.444. The maximum absolute atomic E-state index is 11.7. The summed E-state index contributed by atoms with van der Waals surface area (Å²) in [6, 6.07) is 11.7. The van der Waals surface area contributed by atoms with Crippen LogP contribution >= 0.6 is 0 Å². The number of phenolic OH excluding ortho intramolecular Hbond substituents is 3. The highest BCUT2D eigenvalue weighted by molar-refractivity contribution is 5.62. The summed E-state index contributed by atoms with van der Waals surface area (Å²) in [6.07, 6.45) is 13.9. The lowest BCUT2D eigenvalue weighted by atomic mass is 9.78. The highest BCUT2D eigenvalue weighted by atomic mass is 16.3. The Bertz CT molecular complexity index is 1270. The van der Waals surface area contributed by atoms with Crippen LogP contribution in [-0.2, 0) is 38.5 Å². The molecule has 0 fully saturated rings. The number of hydrogen-bond donors (Lipinski definition) is 3. The molecule has 0 atom stereocenters. The molecule has 3 heteroatoms. The minimum absolute atomic E-state index is 0.107. The van der Waals surface area contributed by atoms with Crippen molar-refractivity contribution in [3.8, 4) is 17.2 Å². The molecule has 3 nitrogen and oxygen atoms in total. The summed E-state index contributed by atoms with van der Waals surface area (Å²) in [5, 5.41) is 35.0. The van der Waals surface area contributed by atoms with Gasteiger partial charge in [-0.25, -0.2) is 0 Å². The monoisotopic (exact) mass is 532 g/mol. The zero-order valence-electron chi connectivity index (χ0n) is 23.3. The summed E-state index contributed by atoms with van der Waals surface area (Å²) in [5.74, 6) is -0.365. The van der Waals surface area contributed by atoms with Crippen LogP contribution in [0.3, 0.4) is 0 Å². The molecule has 3 N–H and O–H groups in total. The smallest absolute Gasteiger partial charge is 0.123 e. The Labute approximate surface area is 239 Å². The van der Waals surface area contributed by atoms with Gasteiger partial charge in [-0.05, 0) is 71.9 Å². The third-order valence-electron chi connectivity index (χ3n) is 7.00. The Morgan fingerprint density at radius 2 is 0.675 bits per heavy atom. The van der Waals surface area contributed by atoms with Gasteiger partial charge < -0.3 is 15.3 Å². The summed E-state index contributed by atoms with van der Waals surface area (Å²) >= 11 is 0. The van der Waals surface area contributed by atoms with E-state index in [-0.39, 0.29) is 17.2 Å². The third kappa shape index (κ3) is 6.55. The first-order valence-electron chi connectivity index (χ1n) is 13.5. The molecule has 0 aliphatic heterocycles. The SMILES string of the molecule is C=CCc1cc(CC=C)c(O)c(C(c2cc(CC=C)cc(CC=C)c2O)c2cc(CC=C)cc(CC=C)c2O)c1. The van der Waals surface area contributed by atoms with E-state index < -0.39 is 5.92 Å². The van der Waals surface area contributed by atoms with Gasteiger partial charge in [-0.15, -0.1) is 39.5 Å². The van der Waals surface area contributed by atoms with Gasteiger partial charge in [0.15, 0.2) is 0 Å². The van der Waals surface area contributed by atoms with Crippen molar-refractivity contribution >= 4 is 0 Å². The molecule has 3 aromatic carbocycles. The second-order valence-corrected chi connectivity index (χ2v) is 9.97. The van der Waals surface area contributed by atoms with E-state index in [9.17, 15) is 15.3 Å². The van der Waals surface area contributed by atoms with Crippen LogP contribution in [0.15, 0.2) is 112 Å². The maximum Gasteiger partial charge on any atom is 0.123 e. The van der Waals surface area contributed by atoms with Crippen molar-refractivity contribution in [3.63, 3.8) is 0 Å². The molecule has 0 radical (unpaired) electrons. The Balaban J connectivity index is 2.54. The lowest BCUT2D eigenvalue weighted by Crippen LogP contribution is -2.10. The zero-order valence-corrected chi connectivity index (χ0v) is 23.3. The second kappa shape index (κ2) is 14.0. The number of phenols is 3. The standard InChI is InChI=1S/C37H40O3/c1-7-13-25-19-28(16-10-4)35(38)31(22-25)34(32-23-26(14-8-2)20-29(17-11-5)36(32)39)33-24-27(15-9-3)21-30(18-12-6)37(33)40/h7-12,19-24,34,38-40H,1-6,13-18H2. The first kappa shape index (κ1) is 30.0. The van der Waals surface area contributed by atoms with Crippen LogP contribution < -0.4 is 0 Å². The second-order valence-electron chi connectivity index (χ2n) is 9.97. The van der Waals surface area contributed by atoms with Crippen molar-refractivity contribution in [2.75, 3.05) is 0 Å². The van der Waals surface area contributed by atoms with Crippen LogP contribution in [0.4, 0.5) is 0 Å². The highest BCUT2D eigenvalue weighted by Gasteiger charge is 2.29. The average molecular weight is 533 g/mol. The van der Waals surface area contributed by atoms with E-state index in [0.717, 1.165) is 33.4 Å². The molecular formula is C37H40O3. The van der Waals surface area contributed by atoms with Gasteiger partial charge in [-0.2, -0.15) is 0 Å². The van der Waals surface area contributed by atoms with E-state index in [1.54, 1.807) is 18.2 Å². The molecule has 0 aliphatic carbocycles. The number of benzene rings is 3. The molecule has 0 heterocycles. The van der Waals surface area contributed by atoms with Gasteiger partial charge in [0.25, 0.3) is 0 Å². The van der Waals surface area contributed by atoms with Crippen molar-refractivity contribution in [2.24, 2.45) is 0 Å². The van der Waals surface area contributed by atoms with Crippen LogP contribution in [0.5, 0.6) is 17.2 Å². The largest absolute Gasteiger partial charge is 0.507 e. The molecule has 0 saturated carbocycles. The molecule has 3 aromatic rings. The summed E-state index contributed by atoms with van der Waals surface area (Å²) in [6.45, 7) is 23.3. The van der Waals surface area contributed by atoms with Crippen LogP contribution in [0.25, 0.3) is 0 Å². The van der Waals surface area contributed by atoms with Crippen molar-refractivity contribution in [2.45, 2.75) is 44.4 Å². The molecule has 0 bridgehead atoms. The normalized spacial score (nSPS) is 10.7. The first-order chi connectivity index (χ1) is 19.3. The van der Waals surface area contributed by atoms with E-state index in [1.165, 1.54) is 0 Å². The van der Waals surface area contributed by atoms with Gasteiger partial charge in [0, 0.05) is 22.6 Å². The Hall–Kier alpha value is -4.50. The van der Waals surface area contributed by atoms with Crippen molar-refractivity contribution in [1.29, 1.82) is 0 Å². The fraction of sp³-hybridized carbons (Fsp3) is 0.189. The molecule has 3 rings (SSSR count). The van der Waals surface area contributed by atoms with Gasteiger partial charge in [0.05, 0.1) is 0 Å². The summed E-state index contributed by atoms with van der Waals surface area (Å²) in [5.41, 5.74) is 6.80. The van der Waals surface area contributed by atoms with E-state index in [0.29, 0.717) is 55.2 Å². The molecule has 0 unspecified atom stereocenters. The topological polar surface area (TPSA) is 60.7 Å².